The number of rotatable bonds is 2. The maximum Gasteiger partial charge on any atom is 0.574 e. The molecule has 1 aromatic rings. The van der Waals surface area contributed by atoms with Crippen molar-refractivity contribution in [2.24, 2.45) is 0 Å². The summed E-state index contributed by atoms with van der Waals surface area (Å²) in [6.45, 7) is 0. The highest BCUT2D eigenvalue weighted by Crippen LogP contribution is 2.21. The fraction of sp³-hybridized carbons (Fsp3) is 0.200. The molecule has 84 valence electrons. The third kappa shape index (κ3) is 3.67. The van der Waals surface area contributed by atoms with Crippen LogP contribution >= 0.6 is 0 Å². The molecule has 6 nitrogen and oxygen atoms in total. The Bertz CT molecular complexity index is 458. The topological polar surface area (TPSA) is 89.4 Å². The SMILES string of the molecule is O=S(=O)(O)c1cc(OC(F)(F)F)ncn1. The smallest absolute Gasteiger partial charge is 0.388 e. The van der Waals surface area contributed by atoms with E-state index in [9.17, 15) is 21.6 Å². The minimum absolute atomic E-state index is 0.350. The van der Waals surface area contributed by atoms with Crippen molar-refractivity contribution >= 4 is 10.1 Å². The van der Waals surface area contributed by atoms with E-state index < -0.39 is 27.4 Å². The number of hydrogen-bond acceptors (Lipinski definition) is 5. The van der Waals surface area contributed by atoms with Gasteiger partial charge < -0.3 is 4.74 Å². The van der Waals surface area contributed by atoms with E-state index in [0.717, 1.165) is 0 Å². The molecule has 0 saturated carbocycles. The lowest BCUT2D eigenvalue weighted by Gasteiger charge is -2.07. The molecular weight excluding hydrogens is 241 g/mol. The second-order valence-electron chi connectivity index (χ2n) is 2.22. The summed E-state index contributed by atoms with van der Waals surface area (Å²) in [5.41, 5.74) is 0. The highest BCUT2D eigenvalue weighted by atomic mass is 32.2. The maximum absolute atomic E-state index is 11.7. The molecule has 0 aliphatic heterocycles. The molecule has 1 heterocycles. The fourth-order valence-corrected chi connectivity index (χ4v) is 1.07. The minimum Gasteiger partial charge on any atom is -0.388 e. The summed E-state index contributed by atoms with van der Waals surface area (Å²) >= 11 is 0. The highest BCUT2D eigenvalue weighted by Gasteiger charge is 2.32. The fourth-order valence-electron chi connectivity index (χ4n) is 0.638. The van der Waals surface area contributed by atoms with Crippen molar-refractivity contribution in [3.05, 3.63) is 12.4 Å². The summed E-state index contributed by atoms with van der Waals surface area (Å²) in [5, 5.41) is -0.975. The molecule has 0 aromatic carbocycles. The van der Waals surface area contributed by atoms with Crippen LogP contribution in [0.4, 0.5) is 13.2 Å². The summed E-state index contributed by atoms with van der Waals surface area (Å²) < 4.78 is 67.8. The Balaban J connectivity index is 3.04. The largest absolute Gasteiger partial charge is 0.574 e. The molecule has 0 saturated heterocycles. The average molecular weight is 244 g/mol. The Kier molecular flexibility index (Phi) is 2.81. The van der Waals surface area contributed by atoms with Crippen LogP contribution in [0.5, 0.6) is 5.88 Å². The summed E-state index contributed by atoms with van der Waals surface area (Å²) in [4.78, 5) is 6.05. The van der Waals surface area contributed by atoms with Crippen LogP contribution in [-0.4, -0.2) is 29.3 Å². The zero-order valence-corrected chi connectivity index (χ0v) is 7.58. The number of halogens is 3. The Morgan fingerprint density at radius 3 is 2.40 bits per heavy atom. The molecule has 0 fully saturated rings. The van der Waals surface area contributed by atoms with Crippen molar-refractivity contribution in [3.8, 4) is 5.88 Å². The molecule has 15 heavy (non-hydrogen) atoms. The first-order valence-electron chi connectivity index (χ1n) is 3.24. The van der Waals surface area contributed by atoms with E-state index >= 15 is 0 Å². The van der Waals surface area contributed by atoms with E-state index in [1.54, 1.807) is 0 Å². The third-order valence-electron chi connectivity index (χ3n) is 1.10. The normalized spacial score (nSPS) is 12.5. The number of ether oxygens (including phenoxy) is 1. The van der Waals surface area contributed by atoms with Gasteiger partial charge in [0.05, 0.1) is 0 Å². The molecule has 0 amide bonds. The van der Waals surface area contributed by atoms with Gasteiger partial charge in [0.2, 0.25) is 5.88 Å². The zero-order chi connectivity index (χ0) is 11.7. The van der Waals surface area contributed by atoms with Crippen molar-refractivity contribution in [1.29, 1.82) is 0 Å². The first kappa shape index (κ1) is 11.7. The van der Waals surface area contributed by atoms with Crippen molar-refractivity contribution < 1.29 is 30.9 Å². The van der Waals surface area contributed by atoms with Crippen LogP contribution < -0.4 is 4.74 Å². The highest BCUT2D eigenvalue weighted by molar-refractivity contribution is 7.85. The monoisotopic (exact) mass is 244 g/mol. The first-order valence-corrected chi connectivity index (χ1v) is 4.68. The Labute approximate surface area is 81.5 Å². The number of aromatic nitrogens is 2. The number of alkyl halides is 3. The summed E-state index contributed by atoms with van der Waals surface area (Å²) in [5.74, 6) is -1.02. The Hall–Kier alpha value is -1.42. The third-order valence-corrected chi connectivity index (χ3v) is 1.85. The second kappa shape index (κ2) is 3.62. The minimum atomic E-state index is -5.00. The Morgan fingerprint density at radius 1 is 1.33 bits per heavy atom. The molecule has 0 bridgehead atoms. The second-order valence-corrected chi connectivity index (χ2v) is 3.59. The van der Waals surface area contributed by atoms with Crippen LogP contribution in [0, 0.1) is 0 Å². The van der Waals surface area contributed by atoms with Gasteiger partial charge in [0.25, 0.3) is 0 Å². The molecule has 1 aromatic heterocycles. The molecule has 1 N–H and O–H groups in total. The van der Waals surface area contributed by atoms with Crippen LogP contribution in [0.3, 0.4) is 0 Å². The van der Waals surface area contributed by atoms with Gasteiger partial charge in [-0.05, 0) is 0 Å². The van der Waals surface area contributed by atoms with E-state index in [1.165, 1.54) is 0 Å². The van der Waals surface area contributed by atoms with Gasteiger partial charge in [-0.3, -0.25) is 4.55 Å². The average Bonchev–Trinajstić information content (AvgIpc) is 1.99. The van der Waals surface area contributed by atoms with E-state index in [1.807, 2.05) is 0 Å². The lowest BCUT2D eigenvalue weighted by atomic mass is 10.6. The molecule has 0 spiro atoms. The number of hydrogen-bond donors (Lipinski definition) is 1. The van der Waals surface area contributed by atoms with Crippen LogP contribution in [0.1, 0.15) is 0 Å². The standard InChI is InChI=1S/C5H3F3N2O4S/c6-5(7,8)14-3-1-4(10-2-9-3)15(11,12)13/h1-2H,(H,11,12,13). The molecule has 0 aliphatic rings. The van der Waals surface area contributed by atoms with Crippen LogP contribution in [0.2, 0.25) is 0 Å². The molecule has 1 rings (SSSR count). The summed E-state index contributed by atoms with van der Waals surface area (Å²) in [6, 6.07) is 0.350. The van der Waals surface area contributed by atoms with Gasteiger partial charge in [0, 0.05) is 6.07 Å². The zero-order valence-electron chi connectivity index (χ0n) is 6.76. The van der Waals surface area contributed by atoms with Gasteiger partial charge in [-0.25, -0.2) is 9.97 Å². The molecule has 10 heteroatoms. The number of nitrogens with zero attached hydrogens (tertiary/aromatic N) is 2. The molecule has 0 atom stereocenters. The molecule has 0 radical (unpaired) electrons. The summed E-state index contributed by atoms with van der Waals surface area (Å²) in [6.07, 6.45) is -4.48. The van der Waals surface area contributed by atoms with E-state index in [2.05, 4.69) is 14.7 Å². The molecular formula is C5H3F3N2O4S. The van der Waals surface area contributed by atoms with Crippen LogP contribution in [0.15, 0.2) is 17.4 Å². The van der Waals surface area contributed by atoms with Gasteiger partial charge in [-0.15, -0.1) is 13.2 Å². The van der Waals surface area contributed by atoms with Crippen LogP contribution in [0.25, 0.3) is 0 Å². The first-order chi connectivity index (χ1) is 6.68. The van der Waals surface area contributed by atoms with Gasteiger partial charge in [0.15, 0.2) is 5.03 Å². The van der Waals surface area contributed by atoms with Gasteiger partial charge in [-0.2, -0.15) is 8.42 Å². The van der Waals surface area contributed by atoms with Gasteiger partial charge in [-0.1, -0.05) is 0 Å². The summed E-state index contributed by atoms with van der Waals surface area (Å²) in [7, 11) is -4.68. The van der Waals surface area contributed by atoms with Crippen molar-refractivity contribution in [2.45, 2.75) is 11.4 Å². The maximum atomic E-state index is 11.7. The molecule has 0 aliphatic carbocycles. The predicted octanol–water partition coefficient (Wildman–Crippen LogP) is 0.622. The lowest BCUT2D eigenvalue weighted by Crippen LogP contribution is -2.18. The van der Waals surface area contributed by atoms with E-state index in [4.69, 9.17) is 4.55 Å². The lowest BCUT2D eigenvalue weighted by molar-refractivity contribution is -0.276. The van der Waals surface area contributed by atoms with Gasteiger partial charge in [0.1, 0.15) is 6.33 Å². The Morgan fingerprint density at radius 2 is 1.93 bits per heavy atom. The predicted molar refractivity (Wildman–Crippen MR) is 38.5 cm³/mol. The van der Waals surface area contributed by atoms with Crippen LogP contribution in [-0.2, 0) is 10.1 Å². The van der Waals surface area contributed by atoms with Crippen molar-refractivity contribution in [3.63, 3.8) is 0 Å². The van der Waals surface area contributed by atoms with Crippen molar-refractivity contribution in [2.75, 3.05) is 0 Å². The van der Waals surface area contributed by atoms with Gasteiger partial charge >= 0.3 is 16.5 Å². The van der Waals surface area contributed by atoms with E-state index in [0.29, 0.717) is 12.4 Å². The van der Waals surface area contributed by atoms with Crippen molar-refractivity contribution in [1.82, 2.24) is 9.97 Å². The quantitative estimate of drug-likeness (QED) is 0.606. The van der Waals surface area contributed by atoms with E-state index in [-0.39, 0.29) is 0 Å². The molecule has 0 unspecified atom stereocenters.